The molecule has 1 fully saturated rings. The van der Waals surface area contributed by atoms with E-state index in [1.165, 1.54) is 22.9 Å². The second-order valence-corrected chi connectivity index (χ2v) is 7.37. The molecule has 1 aliphatic carbocycles. The van der Waals surface area contributed by atoms with Crippen LogP contribution in [-0.4, -0.2) is 40.2 Å². The number of Topliss-reactive ketones (excluding diaryl/α,β-unsaturated/α-hetero) is 1. The van der Waals surface area contributed by atoms with Gasteiger partial charge in [0.1, 0.15) is 6.04 Å². The van der Waals surface area contributed by atoms with Gasteiger partial charge in [-0.05, 0) is 36.6 Å². The van der Waals surface area contributed by atoms with Gasteiger partial charge in [-0.3, -0.25) is 14.4 Å². The van der Waals surface area contributed by atoms with Crippen LogP contribution in [0, 0.1) is 0 Å². The minimum absolute atomic E-state index is 0.0615. The zero-order valence-electron chi connectivity index (χ0n) is 14.1. The number of rotatable bonds is 3. The molecule has 2 aliphatic rings. The number of anilines is 1. The molecule has 0 bridgehead atoms. The summed E-state index contributed by atoms with van der Waals surface area (Å²) in [6.07, 6.45) is 3.62. The van der Waals surface area contributed by atoms with Gasteiger partial charge in [0.15, 0.2) is 11.5 Å². The van der Waals surface area contributed by atoms with Gasteiger partial charge in [-0.2, -0.15) is 0 Å². The normalized spacial score (nSPS) is 19.3. The van der Waals surface area contributed by atoms with E-state index in [0.29, 0.717) is 29.3 Å². The van der Waals surface area contributed by atoms with Crippen LogP contribution in [0.4, 0.5) is 5.69 Å². The number of aryl methyl sites for hydroxylation is 1. The van der Waals surface area contributed by atoms with E-state index in [1.807, 2.05) is 12.1 Å². The quantitative estimate of drug-likeness (QED) is 0.899. The number of hydrogen-bond acceptors (Lipinski definition) is 5. The molecule has 1 aromatic heterocycles. The van der Waals surface area contributed by atoms with Crippen LogP contribution < -0.4 is 5.32 Å². The molecular formula is C19H18N2O4S. The second kappa shape index (κ2) is 6.99. The molecule has 134 valence electrons. The third-order valence-corrected chi connectivity index (χ3v) is 5.73. The average Bonchev–Trinajstić information content (AvgIpc) is 3.33. The molecule has 0 unspecified atom stereocenters. The van der Waals surface area contributed by atoms with Crippen LogP contribution in [0.3, 0.4) is 0 Å². The number of thioether (sulfide) groups is 1. The summed E-state index contributed by atoms with van der Waals surface area (Å²) in [5.74, 6) is 0.655. The molecule has 1 saturated heterocycles. The number of ketones is 1. The summed E-state index contributed by atoms with van der Waals surface area (Å²) in [6.45, 7) is 0. The lowest BCUT2D eigenvalue weighted by atomic mass is 9.89. The Labute approximate surface area is 154 Å². The predicted octanol–water partition coefficient (Wildman–Crippen LogP) is 2.95. The number of fused-ring (bicyclic) bond motifs is 1. The van der Waals surface area contributed by atoms with E-state index < -0.39 is 6.04 Å². The van der Waals surface area contributed by atoms with E-state index in [1.54, 1.807) is 18.2 Å². The van der Waals surface area contributed by atoms with Gasteiger partial charge in [0, 0.05) is 17.7 Å². The van der Waals surface area contributed by atoms with Gasteiger partial charge in [-0.25, -0.2) is 0 Å². The van der Waals surface area contributed by atoms with Gasteiger partial charge in [-0.15, -0.1) is 11.8 Å². The largest absolute Gasteiger partial charge is 0.459 e. The van der Waals surface area contributed by atoms with Gasteiger partial charge in [-0.1, -0.05) is 12.1 Å². The van der Waals surface area contributed by atoms with E-state index >= 15 is 0 Å². The van der Waals surface area contributed by atoms with Crippen molar-refractivity contribution in [1.29, 1.82) is 0 Å². The van der Waals surface area contributed by atoms with Crippen molar-refractivity contribution >= 4 is 35.0 Å². The summed E-state index contributed by atoms with van der Waals surface area (Å²) in [4.78, 5) is 39.2. The minimum atomic E-state index is -0.591. The van der Waals surface area contributed by atoms with E-state index in [9.17, 15) is 14.4 Å². The van der Waals surface area contributed by atoms with Crippen molar-refractivity contribution in [2.24, 2.45) is 0 Å². The zero-order chi connectivity index (χ0) is 18.1. The first-order chi connectivity index (χ1) is 12.6. The number of nitrogens with zero attached hydrogens (tertiary/aromatic N) is 1. The highest BCUT2D eigenvalue weighted by atomic mass is 32.2. The van der Waals surface area contributed by atoms with Crippen molar-refractivity contribution in [3.05, 3.63) is 53.5 Å². The van der Waals surface area contributed by atoms with Crippen molar-refractivity contribution in [2.45, 2.75) is 25.3 Å². The fraction of sp³-hybridized carbons (Fsp3) is 0.316. The van der Waals surface area contributed by atoms with Gasteiger partial charge in [0.25, 0.3) is 5.91 Å². The van der Waals surface area contributed by atoms with Crippen molar-refractivity contribution in [3.63, 3.8) is 0 Å². The van der Waals surface area contributed by atoms with E-state index in [2.05, 4.69) is 5.32 Å². The van der Waals surface area contributed by atoms with E-state index in [-0.39, 0.29) is 23.4 Å². The van der Waals surface area contributed by atoms with Gasteiger partial charge in [0.2, 0.25) is 5.91 Å². The zero-order valence-corrected chi connectivity index (χ0v) is 14.9. The Morgan fingerprint density at radius 2 is 2.08 bits per heavy atom. The van der Waals surface area contributed by atoms with E-state index in [4.69, 9.17) is 4.42 Å². The summed E-state index contributed by atoms with van der Waals surface area (Å²) in [5.41, 5.74) is 2.13. The molecule has 2 aromatic rings. The average molecular weight is 370 g/mol. The number of hydrogen-bond donors (Lipinski definition) is 1. The van der Waals surface area contributed by atoms with Crippen LogP contribution in [0.5, 0.6) is 0 Å². The van der Waals surface area contributed by atoms with Crippen LogP contribution >= 0.6 is 11.8 Å². The molecule has 4 rings (SSSR count). The maximum Gasteiger partial charge on any atom is 0.290 e. The monoisotopic (exact) mass is 370 g/mol. The molecule has 2 heterocycles. The van der Waals surface area contributed by atoms with E-state index in [0.717, 1.165) is 18.4 Å². The van der Waals surface area contributed by atoms with Crippen LogP contribution in [0.15, 0.2) is 41.0 Å². The Morgan fingerprint density at radius 1 is 1.19 bits per heavy atom. The molecule has 2 amide bonds. The topological polar surface area (TPSA) is 79.6 Å². The molecule has 7 heteroatoms. The number of carbonyl (C=O) groups is 3. The third-order valence-electron chi connectivity index (χ3n) is 4.72. The van der Waals surface area contributed by atoms with Gasteiger partial charge in [0.05, 0.1) is 17.8 Å². The molecule has 0 saturated carbocycles. The first-order valence-electron chi connectivity index (χ1n) is 8.53. The SMILES string of the molecule is O=C1CCCc2cccc(NC(=O)[C@@H]3CSCN3C(=O)c3ccco3)c21. The molecule has 1 atom stereocenters. The molecule has 26 heavy (non-hydrogen) atoms. The lowest BCUT2D eigenvalue weighted by Gasteiger charge is -2.24. The van der Waals surface area contributed by atoms with Crippen LogP contribution in [0.1, 0.15) is 39.3 Å². The smallest absolute Gasteiger partial charge is 0.290 e. The Balaban J connectivity index is 1.55. The third kappa shape index (κ3) is 3.03. The Morgan fingerprint density at radius 3 is 2.88 bits per heavy atom. The van der Waals surface area contributed by atoms with Gasteiger partial charge >= 0.3 is 0 Å². The van der Waals surface area contributed by atoms with Crippen LogP contribution in [0.2, 0.25) is 0 Å². The number of furan rings is 1. The van der Waals surface area contributed by atoms with Crippen molar-refractivity contribution in [2.75, 3.05) is 16.9 Å². The summed E-state index contributed by atoms with van der Waals surface area (Å²) < 4.78 is 5.17. The van der Waals surface area contributed by atoms with Gasteiger partial charge < -0.3 is 14.6 Å². The predicted molar refractivity (Wildman–Crippen MR) is 98.3 cm³/mol. The minimum Gasteiger partial charge on any atom is -0.459 e. The number of nitrogens with one attached hydrogen (secondary N) is 1. The second-order valence-electron chi connectivity index (χ2n) is 6.37. The standard InChI is InChI=1S/C19H18N2O4S/c22-15-7-2-5-12-4-1-6-13(17(12)15)20-18(23)14-10-26-11-21(14)19(24)16-8-3-9-25-16/h1,3-4,6,8-9,14H,2,5,7,10-11H2,(H,20,23)/t14-/m0/s1. The molecule has 1 aromatic carbocycles. The molecule has 0 spiro atoms. The molecular weight excluding hydrogens is 352 g/mol. The van der Waals surface area contributed by atoms with Crippen molar-refractivity contribution < 1.29 is 18.8 Å². The number of carbonyl (C=O) groups excluding carboxylic acids is 3. The Kier molecular flexibility index (Phi) is 4.55. The molecule has 0 radical (unpaired) electrons. The fourth-order valence-electron chi connectivity index (χ4n) is 3.42. The lowest BCUT2D eigenvalue weighted by molar-refractivity contribution is -0.119. The first kappa shape index (κ1) is 16.9. The molecule has 1 N–H and O–H groups in total. The van der Waals surface area contributed by atoms with Crippen molar-refractivity contribution in [1.82, 2.24) is 4.90 Å². The van der Waals surface area contributed by atoms with Crippen LogP contribution in [-0.2, 0) is 11.2 Å². The summed E-state index contributed by atoms with van der Waals surface area (Å²) in [7, 11) is 0. The lowest BCUT2D eigenvalue weighted by Crippen LogP contribution is -2.44. The number of benzene rings is 1. The maximum atomic E-state index is 12.8. The molecule has 6 nitrogen and oxygen atoms in total. The van der Waals surface area contributed by atoms with Crippen molar-refractivity contribution in [3.8, 4) is 0 Å². The molecule has 1 aliphatic heterocycles. The Bertz CT molecular complexity index is 862. The Hall–Kier alpha value is -2.54. The fourth-order valence-corrected chi connectivity index (χ4v) is 4.58. The summed E-state index contributed by atoms with van der Waals surface area (Å²) in [6, 6.07) is 8.18. The maximum absolute atomic E-state index is 12.8. The number of amides is 2. The highest BCUT2D eigenvalue weighted by Gasteiger charge is 2.36. The highest BCUT2D eigenvalue weighted by Crippen LogP contribution is 2.29. The summed E-state index contributed by atoms with van der Waals surface area (Å²) >= 11 is 1.52. The highest BCUT2D eigenvalue weighted by molar-refractivity contribution is 7.99. The summed E-state index contributed by atoms with van der Waals surface area (Å²) in [5, 5.41) is 2.87. The van der Waals surface area contributed by atoms with Crippen LogP contribution in [0.25, 0.3) is 0 Å². The first-order valence-corrected chi connectivity index (χ1v) is 9.69.